The van der Waals surface area contributed by atoms with Gasteiger partial charge < -0.3 is 18.6 Å². The summed E-state index contributed by atoms with van der Waals surface area (Å²) < 4.78 is 15.5. The van der Waals surface area contributed by atoms with E-state index in [1.54, 1.807) is 4.90 Å². The molecule has 0 aliphatic carbocycles. The minimum absolute atomic E-state index is 0.270. The zero-order valence-electron chi connectivity index (χ0n) is 14.1. The number of oxazole rings is 1. The number of amides is 1. The van der Waals surface area contributed by atoms with Crippen molar-refractivity contribution in [1.29, 1.82) is 0 Å². The summed E-state index contributed by atoms with van der Waals surface area (Å²) in [6.07, 6.45) is 2.52. The summed E-state index contributed by atoms with van der Waals surface area (Å²) in [5.41, 5.74) is 0.0647. The molecule has 0 spiro atoms. The van der Waals surface area contributed by atoms with Crippen molar-refractivity contribution in [1.82, 2.24) is 24.9 Å². The molecule has 1 aliphatic heterocycles. The Kier molecular flexibility index (Phi) is 4.52. The predicted molar refractivity (Wildman–Crippen MR) is 82.9 cm³/mol. The number of piperazine rings is 1. The number of aromatic nitrogens is 3. The molecular weight excluding hydrogens is 314 g/mol. The molecule has 130 valence electrons. The van der Waals surface area contributed by atoms with Gasteiger partial charge in [-0.05, 0) is 20.8 Å². The van der Waals surface area contributed by atoms with Gasteiger partial charge in [0.15, 0.2) is 6.39 Å². The average molecular weight is 335 g/mol. The number of nitrogens with zero attached hydrogens (tertiary/aromatic N) is 5. The molecule has 1 aliphatic rings. The van der Waals surface area contributed by atoms with Crippen molar-refractivity contribution >= 4 is 6.09 Å². The van der Waals surface area contributed by atoms with E-state index in [2.05, 4.69) is 20.0 Å². The van der Waals surface area contributed by atoms with Gasteiger partial charge in [0.05, 0.1) is 6.54 Å². The summed E-state index contributed by atoms with van der Waals surface area (Å²) in [5.74, 6) is 0.921. The number of carbonyl (C=O) groups is 1. The van der Waals surface area contributed by atoms with Crippen LogP contribution in [-0.4, -0.2) is 62.8 Å². The van der Waals surface area contributed by atoms with Crippen LogP contribution in [0.3, 0.4) is 0 Å². The second-order valence-corrected chi connectivity index (χ2v) is 6.63. The highest BCUT2D eigenvalue weighted by atomic mass is 16.6. The highest BCUT2D eigenvalue weighted by Gasteiger charge is 2.26. The normalized spacial score (nSPS) is 16.4. The van der Waals surface area contributed by atoms with E-state index in [0.29, 0.717) is 37.0 Å². The van der Waals surface area contributed by atoms with Crippen molar-refractivity contribution < 1.29 is 18.5 Å². The van der Waals surface area contributed by atoms with Crippen molar-refractivity contribution in [2.75, 3.05) is 26.2 Å². The first-order chi connectivity index (χ1) is 11.4. The summed E-state index contributed by atoms with van der Waals surface area (Å²) in [5, 5.41) is 3.89. The molecule has 1 saturated heterocycles. The Hall–Kier alpha value is -2.42. The summed E-state index contributed by atoms with van der Waals surface area (Å²) in [7, 11) is 0. The van der Waals surface area contributed by atoms with E-state index in [4.69, 9.17) is 13.7 Å². The monoisotopic (exact) mass is 335 g/mol. The molecule has 9 heteroatoms. The molecule has 0 N–H and O–H groups in total. The zero-order chi connectivity index (χ0) is 17.2. The van der Waals surface area contributed by atoms with Crippen LogP contribution >= 0.6 is 0 Å². The third-order valence-corrected chi connectivity index (χ3v) is 3.51. The van der Waals surface area contributed by atoms with Gasteiger partial charge in [0.2, 0.25) is 11.7 Å². The second kappa shape index (κ2) is 6.60. The minimum atomic E-state index is -0.477. The fourth-order valence-electron chi connectivity index (χ4n) is 2.35. The van der Waals surface area contributed by atoms with Crippen molar-refractivity contribution in [2.24, 2.45) is 0 Å². The number of carbonyl (C=O) groups excluding carboxylic acids is 1. The maximum atomic E-state index is 12.0. The Balaban J connectivity index is 1.50. The average Bonchev–Trinajstić information content (AvgIpc) is 3.16. The SMILES string of the molecule is CC(C)(C)OC(=O)N1CCN(Cc2nc(-c3cocn3)no2)CC1. The molecular formula is C15H21N5O4. The predicted octanol–water partition coefficient (Wildman–Crippen LogP) is 1.78. The van der Waals surface area contributed by atoms with E-state index in [0.717, 1.165) is 13.1 Å². The van der Waals surface area contributed by atoms with Gasteiger partial charge in [-0.2, -0.15) is 4.98 Å². The number of hydrogen-bond donors (Lipinski definition) is 0. The van der Waals surface area contributed by atoms with Crippen LogP contribution in [0.15, 0.2) is 21.6 Å². The van der Waals surface area contributed by atoms with Crippen LogP contribution in [0.1, 0.15) is 26.7 Å². The van der Waals surface area contributed by atoms with E-state index < -0.39 is 5.60 Å². The van der Waals surface area contributed by atoms with Crippen LogP contribution < -0.4 is 0 Å². The second-order valence-electron chi connectivity index (χ2n) is 6.63. The van der Waals surface area contributed by atoms with E-state index in [-0.39, 0.29) is 6.09 Å². The van der Waals surface area contributed by atoms with E-state index >= 15 is 0 Å². The summed E-state index contributed by atoms with van der Waals surface area (Å²) in [6.45, 7) is 8.79. The number of rotatable bonds is 3. The maximum absolute atomic E-state index is 12.0. The van der Waals surface area contributed by atoms with Crippen LogP contribution in [-0.2, 0) is 11.3 Å². The van der Waals surface area contributed by atoms with E-state index in [1.165, 1.54) is 12.7 Å². The van der Waals surface area contributed by atoms with Crippen LogP contribution in [0.2, 0.25) is 0 Å². The quantitative estimate of drug-likeness (QED) is 0.837. The Labute approximate surface area is 139 Å². The minimum Gasteiger partial charge on any atom is -0.451 e. The third-order valence-electron chi connectivity index (χ3n) is 3.51. The lowest BCUT2D eigenvalue weighted by molar-refractivity contribution is 0.0132. The molecule has 1 amide bonds. The van der Waals surface area contributed by atoms with Crippen LogP contribution in [0.25, 0.3) is 11.5 Å². The molecule has 3 rings (SSSR count). The lowest BCUT2D eigenvalue weighted by atomic mass is 10.2. The summed E-state index contributed by atoms with van der Waals surface area (Å²) in [4.78, 5) is 24.2. The maximum Gasteiger partial charge on any atom is 0.410 e. The van der Waals surface area contributed by atoms with Gasteiger partial charge in [0.1, 0.15) is 17.6 Å². The molecule has 0 atom stereocenters. The largest absolute Gasteiger partial charge is 0.451 e. The lowest BCUT2D eigenvalue weighted by Gasteiger charge is -2.34. The molecule has 0 radical (unpaired) electrons. The van der Waals surface area contributed by atoms with Gasteiger partial charge in [-0.15, -0.1) is 0 Å². The molecule has 0 bridgehead atoms. The smallest absolute Gasteiger partial charge is 0.410 e. The zero-order valence-corrected chi connectivity index (χ0v) is 14.1. The van der Waals surface area contributed by atoms with Gasteiger partial charge in [-0.25, -0.2) is 9.78 Å². The Morgan fingerprint density at radius 3 is 2.67 bits per heavy atom. The van der Waals surface area contributed by atoms with Gasteiger partial charge in [0, 0.05) is 26.2 Å². The topological polar surface area (TPSA) is 97.7 Å². The number of hydrogen-bond acceptors (Lipinski definition) is 8. The van der Waals surface area contributed by atoms with Gasteiger partial charge in [0.25, 0.3) is 0 Å². The van der Waals surface area contributed by atoms with Crippen molar-refractivity contribution in [2.45, 2.75) is 32.9 Å². The Morgan fingerprint density at radius 2 is 2.04 bits per heavy atom. The first-order valence-electron chi connectivity index (χ1n) is 7.82. The lowest BCUT2D eigenvalue weighted by Crippen LogP contribution is -2.49. The molecule has 2 aromatic rings. The molecule has 0 saturated carbocycles. The molecule has 9 nitrogen and oxygen atoms in total. The summed E-state index contributed by atoms with van der Waals surface area (Å²) >= 11 is 0. The van der Waals surface area contributed by atoms with Crippen LogP contribution in [0.4, 0.5) is 4.79 Å². The summed E-state index contributed by atoms with van der Waals surface area (Å²) in [6, 6.07) is 0. The number of ether oxygens (including phenoxy) is 1. The van der Waals surface area contributed by atoms with Gasteiger partial charge >= 0.3 is 6.09 Å². The van der Waals surface area contributed by atoms with Crippen LogP contribution in [0, 0.1) is 0 Å². The highest BCUT2D eigenvalue weighted by molar-refractivity contribution is 5.68. The first kappa shape index (κ1) is 16.4. The highest BCUT2D eigenvalue weighted by Crippen LogP contribution is 2.15. The molecule has 24 heavy (non-hydrogen) atoms. The first-order valence-corrected chi connectivity index (χ1v) is 7.82. The molecule has 2 aromatic heterocycles. The van der Waals surface area contributed by atoms with E-state index in [9.17, 15) is 4.79 Å². The fraction of sp³-hybridized carbons (Fsp3) is 0.600. The molecule has 1 fully saturated rings. The Morgan fingerprint density at radius 1 is 1.29 bits per heavy atom. The Bertz CT molecular complexity index is 668. The third kappa shape index (κ3) is 4.10. The van der Waals surface area contributed by atoms with Crippen molar-refractivity contribution in [3.8, 4) is 11.5 Å². The molecule has 3 heterocycles. The molecule has 0 aromatic carbocycles. The van der Waals surface area contributed by atoms with Crippen molar-refractivity contribution in [3.63, 3.8) is 0 Å². The van der Waals surface area contributed by atoms with Crippen LogP contribution in [0.5, 0.6) is 0 Å². The van der Waals surface area contributed by atoms with Gasteiger partial charge in [-0.1, -0.05) is 5.16 Å². The van der Waals surface area contributed by atoms with Gasteiger partial charge in [-0.3, -0.25) is 4.90 Å². The molecule has 0 unspecified atom stereocenters. The van der Waals surface area contributed by atoms with Crippen molar-refractivity contribution in [3.05, 3.63) is 18.5 Å². The fourth-order valence-corrected chi connectivity index (χ4v) is 2.35. The van der Waals surface area contributed by atoms with E-state index in [1.807, 2.05) is 20.8 Å². The standard InChI is InChI=1S/C15H21N5O4/c1-15(2,3)23-14(21)20-6-4-19(5-7-20)8-12-17-13(18-24-12)11-9-22-10-16-11/h9-10H,4-8H2,1-3H3.